The predicted molar refractivity (Wildman–Crippen MR) is 320 cm³/mol. The first-order chi connectivity index (χ1) is 36.0. The minimum atomic E-state index is -0.669. The van der Waals surface area contributed by atoms with E-state index in [0.717, 1.165) is 44.9 Å². The first kappa shape index (κ1) is 71.3. The molecule has 73 heavy (non-hydrogen) atoms. The number of carbonyl (C=O) groups is 2. The maximum Gasteiger partial charge on any atom is 0.305 e. The van der Waals surface area contributed by atoms with Crippen molar-refractivity contribution < 1.29 is 24.5 Å². The van der Waals surface area contributed by atoms with Crippen LogP contribution in [0.25, 0.3) is 0 Å². The zero-order valence-electron chi connectivity index (χ0n) is 49.4. The second-order valence-electron chi connectivity index (χ2n) is 22.8. The molecule has 0 spiro atoms. The fraction of sp³-hybridized carbons (Fsp3) is 0.910. The van der Waals surface area contributed by atoms with Crippen molar-refractivity contribution in [3.8, 4) is 0 Å². The molecule has 0 aliphatic carbocycles. The van der Waals surface area contributed by atoms with Gasteiger partial charge in [-0.05, 0) is 77.0 Å². The van der Waals surface area contributed by atoms with E-state index in [1.807, 2.05) is 0 Å². The summed E-state index contributed by atoms with van der Waals surface area (Å²) in [5.74, 6) is -0.0340. The molecule has 6 heteroatoms. The molecule has 2 atom stereocenters. The van der Waals surface area contributed by atoms with E-state index >= 15 is 0 Å². The van der Waals surface area contributed by atoms with Gasteiger partial charge in [0.15, 0.2) is 0 Å². The average Bonchev–Trinajstić information content (AvgIpc) is 3.39. The van der Waals surface area contributed by atoms with Gasteiger partial charge in [-0.25, -0.2) is 0 Å². The predicted octanol–water partition coefficient (Wildman–Crippen LogP) is 21.0. The lowest BCUT2D eigenvalue weighted by Crippen LogP contribution is -2.45. The summed E-state index contributed by atoms with van der Waals surface area (Å²) < 4.78 is 5.48. The minimum Gasteiger partial charge on any atom is -0.466 e. The molecule has 0 saturated carbocycles. The fourth-order valence-electron chi connectivity index (χ4n) is 10.4. The fourth-order valence-corrected chi connectivity index (χ4v) is 10.4. The zero-order chi connectivity index (χ0) is 52.9. The number of allylic oxidation sites excluding steroid dienone is 4. The van der Waals surface area contributed by atoms with Gasteiger partial charge in [-0.3, -0.25) is 9.59 Å². The second kappa shape index (κ2) is 62.9. The number of hydrogen-bond acceptors (Lipinski definition) is 5. The molecule has 0 aromatic rings. The molecule has 0 saturated heterocycles. The van der Waals surface area contributed by atoms with Gasteiger partial charge in [-0.2, -0.15) is 0 Å². The second-order valence-corrected chi connectivity index (χ2v) is 22.8. The first-order valence-corrected chi connectivity index (χ1v) is 33.1. The van der Waals surface area contributed by atoms with Gasteiger partial charge >= 0.3 is 5.97 Å². The van der Waals surface area contributed by atoms with Crippen molar-refractivity contribution in [1.82, 2.24) is 5.32 Å². The normalized spacial score (nSPS) is 12.7. The van der Waals surface area contributed by atoms with Gasteiger partial charge in [-0.15, -0.1) is 0 Å². The number of aliphatic hydroxyl groups excluding tert-OH is 2. The Hall–Kier alpha value is -1.66. The summed E-state index contributed by atoms with van der Waals surface area (Å²) in [6.45, 7) is 4.97. The van der Waals surface area contributed by atoms with Crippen LogP contribution in [0.3, 0.4) is 0 Å². The molecule has 0 rings (SSSR count). The third kappa shape index (κ3) is 59.4. The van der Waals surface area contributed by atoms with Gasteiger partial charge in [0.25, 0.3) is 0 Å². The number of esters is 1. The number of unbranched alkanes of at least 4 members (excludes halogenated alkanes) is 47. The number of carbonyl (C=O) groups excluding carboxylic acids is 2. The topological polar surface area (TPSA) is 95.9 Å². The smallest absolute Gasteiger partial charge is 0.305 e. The number of rotatable bonds is 62. The molecule has 0 aromatic heterocycles. The Morgan fingerprint density at radius 3 is 0.973 bits per heavy atom. The highest BCUT2D eigenvalue weighted by Gasteiger charge is 2.20. The van der Waals surface area contributed by atoms with Crippen LogP contribution in [0.15, 0.2) is 24.3 Å². The lowest BCUT2D eigenvalue weighted by atomic mass is 10.0. The quantitative estimate of drug-likeness (QED) is 0.0320. The van der Waals surface area contributed by atoms with Crippen LogP contribution >= 0.6 is 0 Å². The lowest BCUT2D eigenvalue weighted by Gasteiger charge is -2.22. The molecule has 1 amide bonds. The Labute approximate surface area is 456 Å². The summed E-state index contributed by atoms with van der Waals surface area (Å²) in [6.07, 6.45) is 77.7. The van der Waals surface area contributed by atoms with Crippen molar-refractivity contribution in [1.29, 1.82) is 0 Å². The standard InChI is InChI=1S/C67H129NO5/c1-3-5-7-9-11-13-15-17-19-20-28-32-35-39-43-47-51-55-59-65(70)64(63-69)68-66(71)60-56-52-48-44-40-36-33-29-26-24-22-21-23-25-27-30-34-38-42-46-50-54-58-62-73-67(72)61-57-53-49-45-41-37-31-18-16-14-12-10-8-6-4-2/h18,24,26,31,64-65,69-70H,3-17,19-23,25,27-30,32-63H2,1-2H3,(H,68,71)/b26-24-,31-18-. The molecule has 432 valence electrons. The van der Waals surface area contributed by atoms with E-state index in [2.05, 4.69) is 43.5 Å². The largest absolute Gasteiger partial charge is 0.466 e. The highest BCUT2D eigenvalue weighted by atomic mass is 16.5. The van der Waals surface area contributed by atoms with E-state index in [-0.39, 0.29) is 18.5 Å². The van der Waals surface area contributed by atoms with Crippen molar-refractivity contribution >= 4 is 11.9 Å². The van der Waals surface area contributed by atoms with Crippen LogP contribution in [0.1, 0.15) is 367 Å². The molecular formula is C67H129NO5. The van der Waals surface area contributed by atoms with Gasteiger partial charge in [0.2, 0.25) is 5.91 Å². The number of ether oxygens (including phenoxy) is 1. The number of hydrogen-bond donors (Lipinski definition) is 3. The van der Waals surface area contributed by atoms with Gasteiger partial charge in [0.05, 0.1) is 25.4 Å². The molecule has 0 aliphatic rings. The summed E-state index contributed by atoms with van der Waals surface area (Å²) in [5, 5.41) is 23.4. The molecule has 0 aromatic carbocycles. The van der Waals surface area contributed by atoms with Gasteiger partial charge < -0.3 is 20.3 Å². The maximum absolute atomic E-state index is 12.5. The Bertz CT molecular complexity index is 1140. The third-order valence-electron chi connectivity index (χ3n) is 15.5. The van der Waals surface area contributed by atoms with Crippen molar-refractivity contribution in [2.45, 2.75) is 379 Å². The van der Waals surface area contributed by atoms with Crippen molar-refractivity contribution in [3.63, 3.8) is 0 Å². The highest BCUT2D eigenvalue weighted by molar-refractivity contribution is 5.76. The third-order valence-corrected chi connectivity index (χ3v) is 15.5. The average molecular weight is 1030 g/mol. The Kier molecular flexibility index (Phi) is 61.4. The Morgan fingerprint density at radius 2 is 0.644 bits per heavy atom. The summed E-state index contributed by atoms with van der Waals surface area (Å²) in [7, 11) is 0. The SMILES string of the molecule is CCCCCCCC/C=C\CCCCCCCC(=O)OCCCCCCCCCCCCCC/C=C\CCCCCCCCCC(=O)NC(CO)C(O)CCCCCCCCCCCCCCCCCCCC. The van der Waals surface area contributed by atoms with E-state index in [9.17, 15) is 19.8 Å². The molecule has 2 unspecified atom stereocenters. The number of amides is 1. The summed E-state index contributed by atoms with van der Waals surface area (Å²) >= 11 is 0. The van der Waals surface area contributed by atoms with Crippen LogP contribution in [0.5, 0.6) is 0 Å². The molecule has 0 fully saturated rings. The molecule has 0 radical (unpaired) electrons. The van der Waals surface area contributed by atoms with E-state index in [1.54, 1.807) is 0 Å². The lowest BCUT2D eigenvalue weighted by molar-refractivity contribution is -0.143. The summed E-state index contributed by atoms with van der Waals surface area (Å²) in [4.78, 5) is 24.6. The van der Waals surface area contributed by atoms with Crippen LogP contribution in [0.2, 0.25) is 0 Å². The van der Waals surface area contributed by atoms with Crippen LogP contribution in [0, 0.1) is 0 Å². The van der Waals surface area contributed by atoms with Crippen LogP contribution in [-0.4, -0.2) is 47.4 Å². The van der Waals surface area contributed by atoms with Crippen LogP contribution in [0.4, 0.5) is 0 Å². The molecule has 0 aliphatic heterocycles. The zero-order valence-corrected chi connectivity index (χ0v) is 49.4. The van der Waals surface area contributed by atoms with Crippen molar-refractivity contribution in [2.75, 3.05) is 13.2 Å². The minimum absolute atomic E-state index is 0.00421. The summed E-state index contributed by atoms with van der Waals surface area (Å²) in [6, 6.07) is -0.546. The summed E-state index contributed by atoms with van der Waals surface area (Å²) in [5.41, 5.74) is 0. The monoisotopic (exact) mass is 1030 g/mol. The Balaban J connectivity index is 3.41. The van der Waals surface area contributed by atoms with Crippen LogP contribution < -0.4 is 5.32 Å². The maximum atomic E-state index is 12.5. The Morgan fingerprint density at radius 1 is 0.370 bits per heavy atom. The van der Waals surface area contributed by atoms with E-state index < -0.39 is 12.1 Å². The van der Waals surface area contributed by atoms with Crippen LogP contribution in [-0.2, 0) is 14.3 Å². The van der Waals surface area contributed by atoms with Gasteiger partial charge in [0.1, 0.15) is 0 Å². The van der Waals surface area contributed by atoms with Crippen molar-refractivity contribution in [3.05, 3.63) is 24.3 Å². The number of nitrogens with one attached hydrogen (secondary N) is 1. The molecule has 6 nitrogen and oxygen atoms in total. The number of aliphatic hydroxyl groups is 2. The first-order valence-electron chi connectivity index (χ1n) is 33.1. The van der Waals surface area contributed by atoms with E-state index in [1.165, 1.54) is 289 Å². The molecular weight excluding hydrogens is 899 g/mol. The van der Waals surface area contributed by atoms with E-state index in [4.69, 9.17) is 4.74 Å². The van der Waals surface area contributed by atoms with Crippen molar-refractivity contribution in [2.24, 2.45) is 0 Å². The molecule has 3 N–H and O–H groups in total. The highest BCUT2D eigenvalue weighted by Crippen LogP contribution is 2.18. The van der Waals surface area contributed by atoms with Gasteiger partial charge in [-0.1, -0.05) is 301 Å². The van der Waals surface area contributed by atoms with Gasteiger partial charge in [0, 0.05) is 12.8 Å². The van der Waals surface area contributed by atoms with E-state index in [0.29, 0.717) is 25.9 Å². The molecule has 0 bridgehead atoms. The molecule has 0 heterocycles.